The summed E-state index contributed by atoms with van der Waals surface area (Å²) in [6.07, 6.45) is 1.90. The molecule has 0 saturated carbocycles. The average Bonchev–Trinajstić information content (AvgIpc) is 2.47. The van der Waals surface area contributed by atoms with Crippen molar-refractivity contribution in [3.05, 3.63) is 29.6 Å². The highest BCUT2D eigenvalue weighted by molar-refractivity contribution is 5.94. The highest BCUT2D eigenvalue weighted by Crippen LogP contribution is 2.02. The fourth-order valence-corrected chi connectivity index (χ4v) is 1.55. The number of rotatable bonds is 5. The minimum atomic E-state index is -0.323. The van der Waals surface area contributed by atoms with Gasteiger partial charge in [0, 0.05) is 31.8 Å². The van der Waals surface area contributed by atoms with Crippen LogP contribution in [0.4, 0.5) is 0 Å². The zero-order chi connectivity index (χ0) is 15.7. The van der Waals surface area contributed by atoms with Gasteiger partial charge >= 0.3 is 0 Å². The summed E-state index contributed by atoms with van der Waals surface area (Å²) in [6, 6.07) is 3.25. The largest absolute Gasteiger partial charge is 0.395 e. The van der Waals surface area contributed by atoms with E-state index in [1.807, 2.05) is 6.92 Å². The molecule has 0 unspecified atom stereocenters. The number of aromatic nitrogens is 1. The highest BCUT2D eigenvalue weighted by Gasteiger charge is 2.15. The fourth-order valence-electron chi connectivity index (χ4n) is 1.55. The summed E-state index contributed by atoms with van der Waals surface area (Å²) in [6.45, 7) is 2.35. The van der Waals surface area contributed by atoms with Crippen molar-refractivity contribution in [1.82, 2.24) is 15.2 Å². The van der Waals surface area contributed by atoms with E-state index >= 15 is 0 Å². The number of likely N-dealkylation sites (N-methyl/N-ethyl adjacent to an activating group) is 2. The number of aliphatic hydroxyl groups is 1. The molecule has 1 aromatic rings. The van der Waals surface area contributed by atoms with Gasteiger partial charge in [-0.15, -0.1) is 0 Å². The van der Waals surface area contributed by atoms with Crippen LogP contribution in [0.25, 0.3) is 0 Å². The van der Waals surface area contributed by atoms with Crippen molar-refractivity contribution < 1.29 is 14.7 Å². The van der Waals surface area contributed by atoms with Crippen molar-refractivity contribution in [3.63, 3.8) is 0 Å². The summed E-state index contributed by atoms with van der Waals surface area (Å²) < 4.78 is 0. The van der Waals surface area contributed by atoms with Gasteiger partial charge in [-0.3, -0.25) is 9.59 Å². The third-order valence-electron chi connectivity index (χ3n) is 2.55. The molecule has 112 valence electrons. The van der Waals surface area contributed by atoms with Crippen LogP contribution in [0.1, 0.15) is 29.4 Å². The molecule has 0 spiro atoms. The van der Waals surface area contributed by atoms with E-state index in [2.05, 4.69) is 22.1 Å². The molecule has 0 fully saturated rings. The van der Waals surface area contributed by atoms with Crippen LogP contribution in [-0.4, -0.2) is 53.5 Å². The molecule has 0 radical (unpaired) electrons. The maximum Gasteiger partial charge on any atom is 0.272 e. The van der Waals surface area contributed by atoms with Gasteiger partial charge in [0.15, 0.2) is 0 Å². The van der Waals surface area contributed by atoms with Crippen molar-refractivity contribution in [2.45, 2.75) is 13.3 Å². The zero-order valence-electron chi connectivity index (χ0n) is 12.2. The van der Waals surface area contributed by atoms with Gasteiger partial charge < -0.3 is 15.3 Å². The minimum absolute atomic E-state index is 0.00753. The molecule has 2 N–H and O–H groups in total. The number of aliphatic hydroxyl groups excluding tert-OH is 1. The first-order valence-corrected chi connectivity index (χ1v) is 6.66. The van der Waals surface area contributed by atoms with Crippen molar-refractivity contribution in [3.8, 4) is 11.8 Å². The summed E-state index contributed by atoms with van der Waals surface area (Å²) in [7, 11) is 1.55. The molecule has 0 aromatic carbocycles. The topological polar surface area (TPSA) is 82.5 Å². The maximum atomic E-state index is 12.1. The molecule has 6 heteroatoms. The Kier molecular flexibility index (Phi) is 6.92. The molecule has 1 aromatic heterocycles. The Morgan fingerprint density at radius 2 is 2.19 bits per heavy atom. The molecule has 2 amide bonds. The molecular weight excluding hydrogens is 270 g/mol. The Bertz CT molecular complexity index is 544. The first-order chi connectivity index (χ1) is 10.1. The van der Waals surface area contributed by atoms with Gasteiger partial charge in [-0.25, -0.2) is 4.98 Å². The number of carbonyl (C=O) groups is 2. The predicted octanol–water partition coefficient (Wildman–Crippen LogP) is 0.0236. The summed E-state index contributed by atoms with van der Waals surface area (Å²) in [5.41, 5.74) is 0.931. The predicted molar refractivity (Wildman–Crippen MR) is 78.5 cm³/mol. The third kappa shape index (κ3) is 5.63. The molecule has 0 saturated heterocycles. The normalized spacial score (nSPS) is 9.48. The monoisotopic (exact) mass is 289 g/mol. The number of nitrogens with one attached hydrogen (secondary N) is 1. The molecule has 0 atom stereocenters. The molecule has 0 aliphatic rings. The molecule has 1 heterocycles. The van der Waals surface area contributed by atoms with Crippen molar-refractivity contribution >= 4 is 11.8 Å². The molecule has 21 heavy (non-hydrogen) atoms. The maximum absolute atomic E-state index is 12.1. The van der Waals surface area contributed by atoms with Crippen LogP contribution >= 0.6 is 0 Å². The molecular formula is C15H19N3O3. The van der Waals surface area contributed by atoms with Gasteiger partial charge in [-0.1, -0.05) is 11.8 Å². The molecule has 0 aliphatic carbocycles. The van der Waals surface area contributed by atoms with Crippen molar-refractivity contribution in [2.75, 3.05) is 26.7 Å². The number of hydrogen-bond acceptors (Lipinski definition) is 4. The summed E-state index contributed by atoms with van der Waals surface area (Å²) in [4.78, 5) is 28.9. The van der Waals surface area contributed by atoms with Gasteiger partial charge in [-0.2, -0.15) is 0 Å². The van der Waals surface area contributed by atoms with Gasteiger partial charge in [0.1, 0.15) is 5.69 Å². The average molecular weight is 289 g/mol. The van der Waals surface area contributed by atoms with Crippen LogP contribution < -0.4 is 5.32 Å². The van der Waals surface area contributed by atoms with E-state index in [-0.39, 0.29) is 30.7 Å². The van der Waals surface area contributed by atoms with Gasteiger partial charge in [0.05, 0.1) is 13.2 Å². The lowest BCUT2D eigenvalue weighted by molar-refractivity contribution is -0.121. The lowest BCUT2D eigenvalue weighted by atomic mass is 10.2. The summed E-state index contributed by atoms with van der Waals surface area (Å²) in [5, 5.41) is 11.3. The Balaban J connectivity index is 2.66. The standard InChI is InChI=1S/C15H19N3O3/c1-3-16-14(20)11-18(2)15(21)13-8-7-12(10-17-13)6-4-5-9-19/h7-8,10,19H,3,5,9,11H2,1-2H3,(H,16,20). The molecule has 0 aliphatic heterocycles. The molecule has 6 nitrogen and oxygen atoms in total. The summed E-state index contributed by atoms with van der Waals surface area (Å²) in [5.74, 6) is 5.07. The van der Waals surface area contributed by atoms with E-state index in [1.54, 1.807) is 19.2 Å². The van der Waals surface area contributed by atoms with E-state index < -0.39 is 0 Å². The highest BCUT2D eigenvalue weighted by atomic mass is 16.2. The van der Waals surface area contributed by atoms with Crippen LogP contribution in [0.2, 0.25) is 0 Å². The van der Waals surface area contributed by atoms with Crippen LogP contribution in [0.5, 0.6) is 0 Å². The number of amides is 2. The Hall–Kier alpha value is -2.39. The Labute approximate surface area is 124 Å². The summed E-state index contributed by atoms with van der Waals surface area (Å²) >= 11 is 0. The van der Waals surface area contributed by atoms with E-state index in [0.29, 0.717) is 18.5 Å². The quantitative estimate of drug-likeness (QED) is 0.749. The first kappa shape index (κ1) is 16.7. The zero-order valence-corrected chi connectivity index (χ0v) is 12.2. The number of carbonyl (C=O) groups excluding carboxylic acids is 2. The lowest BCUT2D eigenvalue weighted by Crippen LogP contribution is -2.38. The van der Waals surface area contributed by atoms with E-state index in [9.17, 15) is 9.59 Å². The van der Waals surface area contributed by atoms with E-state index in [0.717, 1.165) is 0 Å². The van der Waals surface area contributed by atoms with Gasteiger partial charge in [0.2, 0.25) is 5.91 Å². The smallest absolute Gasteiger partial charge is 0.272 e. The van der Waals surface area contributed by atoms with Crippen molar-refractivity contribution in [2.24, 2.45) is 0 Å². The molecule has 0 bridgehead atoms. The van der Waals surface area contributed by atoms with Crippen LogP contribution in [0.15, 0.2) is 18.3 Å². The fraction of sp³-hybridized carbons (Fsp3) is 0.400. The van der Waals surface area contributed by atoms with E-state index in [4.69, 9.17) is 5.11 Å². The Morgan fingerprint density at radius 1 is 1.43 bits per heavy atom. The van der Waals surface area contributed by atoms with Gasteiger partial charge in [-0.05, 0) is 19.1 Å². The number of nitrogens with zero attached hydrogens (tertiary/aromatic N) is 2. The second-order valence-corrected chi connectivity index (χ2v) is 4.32. The van der Waals surface area contributed by atoms with Gasteiger partial charge in [0.25, 0.3) is 5.91 Å². The van der Waals surface area contributed by atoms with Crippen LogP contribution in [0, 0.1) is 11.8 Å². The second kappa shape index (κ2) is 8.72. The third-order valence-corrected chi connectivity index (χ3v) is 2.55. The lowest BCUT2D eigenvalue weighted by Gasteiger charge is -2.15. The molecule has 1 rings (SSSR count). The second-order valence-electron chi connectivity index (χ2n) is 4.32. The number of hydrogen-bond donors (Lipinski definition) is 2. The SMILES string of the molecule is CCNC(=O)CN(C)C(=O)c1ccc(C#CCCO)cn1. The number of pyridine rings is 1. The van der Waals surface area contributed by atoms with Crippen molar-refractivity contribution in [1.29, 1.82) is 0 Å². The van der Waals surface area contributed by atoms with E-state index in [1.165, 1.54) is 11.1 Å². The minimum Gasteiger partial charge on any atom is -0.395 e. The first-order valence-electron chi connectivity index (χ1n) is 6.66. The van der Waals surface area contributed by atoms with Crippen LogP contribution in [0.3, 0.4) is 0 Å². The van der Waals surface area contributed by atoms with Crippen LogP contribution in [-0.2, 0) is 4.79 Å². The Morgan fingerprint density at radius 3 is 2.76 bits per heavy atom.